The number of rotatable bonds is 2. The Kier molecular flexibility index (Phi) is 6.96. The van der Waals surface area contributed by atoms with Crippen LogP contribution < -0.4 is 11.1 Å². The summed E-state index contributed by atoms with van der Waals surface area (Å²) in [5, 5.41) is 2.74. The van der Waals surface area contributed by atoms with Gasteiger partial charge in [0.05, 0.1) is 10.6 Å². The number of amides is 1. The fourth-order valence-corrected chi connectivity index (χ4v) is 4.35. The van der Waals surface area contributed by atoms with E-state index in [1.54, 1.807) is 37.5 Å². The largest absolute Gasteiger partial charge is 0.324 e. The van der Waals surface area contributed by atoms with Crippen molar-refractivity contribution in [3.63, 3.8) is 0 Å². The lowest BCUT2D eigenvalue weighted by Gasteiger charge is -2.24. The van der Waals surface area contributed by atoms with Crippen LogP contribution in [0.5, 0.6) is 0 Å². The molecule has 9 heteroatoms. The highest BCUT2D eigenvalue weighted by atomic mass is 35.5. The minimum atomic E-state index is -3.39. The van der Waals surface area contributed by atoms with Crippen LogP contribution in [0.15, 0.2) is 41.6 Å². The molecule has 0 unspecified atom stereocenters. The van der Waals surface area contributed by atoms with E-state index in [2.05, 4.69) is 10.3 Å². The molecular weight excluding hydrogens is 385 g/mol. The standard InChI is InChI=1S/C16H17N3O3S.2ClH/c1-10-8-13-14(17)4-7-23(21,22)15(13)9-12(10)16(20)19-11-2-5-18-6-3-11;;/h2-3,5-6,8-9,14H,4,7,17H2,1H3,(H,18,19,20);2*1H/t14-;;/m0../s1. The molecule has 0 spiro atoms. The molecule has 2 heterocycles. The second-order valence-corrected chi connectivity index (χ2v) is 7.69. The highest BCUT2D eigenvalue weighted by Crippen LogP contribution is 2.33. The van der Waals surface area contributed by atoms with Crippen LogP contribution in [0.3, 0.4) is 0 Å². The number of hydrogen-bond acceptors (Lipinski definition) is 5. The Morgan fingerprint density at radius 2 is 1.88 bits per heavy atom. The number of carbonyl (C=O) groups is 1. The summed E-state index contributed by atoms with van der Waals surface area (Å²) in [7, 11) is -3.39. The quantitative estimate of drug-likeness (QED) is 0.801. The predicted molar refractivity (Wildman–Crippen MR) is 101 cm³/mol. The molecule has 0 bridgehead atoms. The summed E-state index contributed by atoms with van der Waals surface area (Å²) in [5.74, 6) is -0.346. The average Bonchev–Trinajstić information content (AvgIpc) is 2.52. The molecule has 1 atom stereocenters. The van der Waals surface area contributed by atoms with E-state index in [1.165, 1.54) is 6.07 Å². The van der Waals surface area contributed by atoms with E-state index in [0.717, 1.165) is 0 Å². The summed E-state index contributed by atoms with van der Waals surface area (Å²) in [6, 6.07) is 6.16. The summed E-state index contributed by atoms with van der Waals surface area (Å²) in [6.07, 6.45) is 3.54. The molecular formula is C16H19Cl2N3O3S. The smallest absolute Gasteiger partial charge is 0.255 e. The zero-order valence-corrected chi connectivity index (χ0v) is 15.9. The molecule has 0 saturated carbocycles. The molecule has 1 aromatic carbocycles. The second-order valence-electron chi connectivity index (χ2n) is 5.61. The first-order valence-electron chi connectivity index (χ1n) is 7.23. The number of carbonyl (C=O) groups excluding carboxylic acids is 1. The predicted octanol–water partition coefficient (Wildman–Crippen LogP) is 2.66. The fraction of sp³-hybridized carbons (Fsp3) is 0.250. The van der Waals surface area contributed by atoms with Gasteiger partial charge < -0.3 is 11.1 Å². The summed E-state index contributed by atoms with van der Waals surface area (Å²) >= 11 is 0. The van der Waals surface area contributed by atoms with Crippen LogP contribution in [0.4, 0.5) is 5.69 Å². The van der Waals surface area contributed by atoms with Gasteiger partial charge in [0, 0.05) is 29.7 Å². The van der Waals surface area contributed by atoms with E-state index in [9.17, 15) is 13.2 Å². The minimum absolute atomic E-state index is 0. The number of aryl methyl sites for hydroxylation is 1. The van der Waals surface area contributed by atoms with Crippen molar-refractivity contribution in [3.8, 4) is 0 Å². The fourth-order valence-electron chi connectivity index (χ4n) is 2.70. The number of nitrogens with zero attached hydrogens (tertiary/aromatic N) is 1. The number of hydrogen-bond donors (Lipinski definition) is 2. The monoisotopic (exact) mass is 403 g/mol. The van der Waals surface area contributed by atoms with Crippen LogP contribution in [0, 0.1) is 6.92 Å². The van der Waals surface area contributed by atoms with Crippen molar-refractivity contribution in [2.45, 2.75) is 24.3 Å². The first-order valence-corrected chi connectivity index (χ1v) is 8.88. The van der Waals surface area contributed by atoms with Gasteiger partial charge in [-0.3, -0.25) is 9.78 Å². The van der Waals surface area contributed by atoms with E-state index in [4.69, 9.17) is 5.73 Å². The van der Waals surface area contributed by atoms with Crippen LogP contribution in [-0.2, 0) is 9.84 Å². The lowest BCUT2D eigenvalue weighted by molar-refractivity contribution is 0.102. The number of fused-ring (bicyclic) bond motifs is 1. The number of anilines is 1. The molecule has 1 aliphatic rings. The maximum absolute atomic E-state index is 12.5. The van der Waals surface area contributed by atoms with E-state index < -0.39 is 9.84 Å². The number of nitrogens with two attached hydrogens (primary N) is 1. The van der Waals surface area contributed by atoms with Crippen LogP contribution in [0.25, 0.3) is 0 Å². The Balaban J connectivity index is 0.00000156. The third-order valence-electron chi connectivity index (χ3n) is 3.97. The molecule has 3 N–H and O–H groups in total. The number of sulfone groups is 1. The van der Waals surface area contributed by atoms with E-state index in [0.29, 0.717) is 28.8 Å². The molecule has 0 radical (unpaired) electrons. The van der Waals surface area contributed by atoms with Gasteiger partial charge >= 0.3 is 0 Å². The van der Waals surface area contributed by atoms with Crippen LogP contribution in [0.2, 0.25) is 0 Å². The summed E-state index contributed by atoms with van der Waals surface area (Å²) < 4.78 is 24.5. The molecule has 136 valence electrons. The summed E-state index contributed by atoms with van der Waals surface area (Å²) in [5.41, 5.74) is 8.23. The zero-order chi connectivity index (χ0) is 16.6. The molecule has 6 nitrogen and oxygen atoms in total. The first kappa shape index (κ1) is 21.4. The molecule has 0 aliphatic carbocycles. The van der Waals surface area contributed by atoms with Gasteiger partial charge in [-0.1, -0.05) is 6.07 Å². The Labute approximate surface area is 159 Å². The average molecular weight is 404 g/mol. The molecule has 2 aromatic rings. The lowest BCUT2D eigenvalue weighted by atomic mass is 9.98. The normalized spacial score (nSPS) is 17.4. The lowest BCUT2D eigenvalue weighted by Crippen LogP contribution is -2.26. The van der Waals surface area contributed by atoms with Crippen LogP contribution in [0.1, 0.15) is 33.9 Å². The van der Waals surface area contributed by atoms with Crippen molar-refractivity contribution >= 4 is 46.2 Å². The van der Waals surface area contributed by atoms with Crippen molar-refractivity contribution in [1.29, 1.82) is 0 Å². The summed E-state index contributed by atoms with van der Waals surface area (Å²) in [6.45, 7) is 1.77. The van der Waals surface area contributed by atoms with Crippen molar-refractivity contribution in [3.05, 3.63) is 53.3 Å². The van der Waals surface area contributed by atoms with E-state index in [-0.39, 0.29) is 47.4 Å². The van der Waals surface area contributed by atoms with Gasteiger partial charge in [-0.25, -0.2) is 8.42 Å². The molecule has 1 aromatic heterocycles. The molecule has 1 amide bonds. The number of pyridine rings is 1. The van der Waals surface area contributed by atoms with Crippen LogP contribution in [-0.4, -0.2) is 25.1 Å². The van der Waals surface area contributed by atoms with Gasteiger partial charge in [0.15, 0.2) is 9.84 Å². The highest BCUT2D eigenvalue weighted by molar-refractivity contribution is 7.91. The highest BCUT2D eigenvalue weighted by Gasteiger charge is 2.30. The molecule has 0 saturated heterocycles. The topological polar surface area (TPSA) is 102 Å². The number of halogens is 2. The third kappa shape index (κ3) is 4.30. The minimum Gasteiger partial charge on any atom is -0.324 e. The van der Waals surface area contributed by atoms with Gasteiger partial charge in [0.25, 0.3) is 5.91 Å². The molecule has 3 rings (SSSR count). The van der Waals surface area contributed by atoms with Gasteiger partial charge in [0.2, 0.25) is 0 Å². The maximum atomic E-state index is 12.5. The SMILES string of the molecule is Cc1cc2c(cc1C(=O)Nc1ccncc1)S(=O)(=O)CC[C@@H]2N.Cl.Cl. The molecule has 25 heavy (non-hydrogen) atoms. The van der Waals surface area contributed by atoms with Gasteiger partial charge in [0.1, 0.15) is 0 Å². The first-order chi connectivity index (χ1) is 10.9. The van der Waals surface area contributed by atoms with E-state index >= 15 is 0 Å². The van der Waals surface area contributed by atoms with Gasteiger partial charge in [-0.05, 0) is 42.7 Å². The Hall–Kier alpha value is -1.67. The van der Waals surface area contributed by atoms with Crippen LogP contribution >= 0.6 is 24.8 Å². The Bertz CT molecular complexity index is 874. The maximum Gasteiger partial charge on any atom is 0.255 e. The van der Waals surface area contributed by atoms with Crippen molar-refractivity contribution in [2.24, 2.45) is 5.73 Å². The second kappa shape index (κ2) is 8.14. The summed E-state index contributed by atoms with van der Waals surface area (Å²) in [4.78, 5) is 16.5. The van der Waals surface area contributed by atoms with Crippen molar-refractivity contribution < 1.29 is 13.2 Å². The van der Waals surface area contributed by atoms with E-state index in [1.807, 2.05) is 0 Å². The number of benzene rings is 1. The Morgan fingerprint density at radius 3 is 2.52 bits per heavy atom. The number of nitrogens with one attached hydrogen (secondary N) is 1. The molecule has 1 aliphatic heterocycles. The van der Waals surface area contributed by atoms with Crippen molar-refractivity contribution in [2.75, 3.05) is 11.1 Å². The number of aromatic nitrogens is 1. The zero-order valence-electron chi connectivity index (χ0n) is 13.4. The molecule has 0 fully saturated rings. The third-order valence-corrected chi connectivity index (χ3v) is 5.77. The van der Waals surface area contributed by atoms with Crippen molar-refractivity contribution in [1.82, 2.24) is 4.98 Å². The van der Waals surface area contributed by atoms with Gasteiger partial charge in [-0.2, -0.15) is 0 Å². The Morgan fingerprint density at radius 1 is 1.24 bits per heavy atom. The van der Waals surface area contributed by atoms with Gasteiger partial charge in [-0.15, -0.1) is 24.8 Å².